The van der Waals surface area contributed by atoms with E-state index in [-0.39, 0.29) is 0 Å². The standard InChI is InChI=1S/C17H26ClNO/c1-17(2,3)13-7-5-6-8-15(13)19-16-11-12(20-4)9-10-14(16)18/h9-11,13,15,19H,5-8H2,1-4H3. The van der Waals surface area contributed by atoms with Crippen LogP contribution >= 0.6 is 11.6 Å². The lowest BCUT2D eigenvalue weighted by Gasteiger charge is -2.41. The molecule has 2 rings (SSSR count). The van der Waals surface area contributed by atoms with Crippen LogP contribution in [0.3, 0.4) is 0 Å². The molecule has 0 aliphatic heterocycles. The molecule has 1 aliphatic carbocycles. The lowest BCUT2D eigenvalue weighted by atomic mass is 9.69. The number of methoxy groups -OCH3 is 1. The van der Waals surface area contributed by atoms with E-state index < -0.39 is 0 Å². The van der Waals surface area contributed by atoms with Gasteiger partial charge in [0.15, 0.2) is 0 Å². The summed E-state index contributed by atoms with van der Waals surface area (Å²) >= 11 is 6.32. The van der Waals surface area contributed by atoms with Gasteiger partial charge in [0.25, 0.3) is 0 Å². The van der Waals surface area contributed by atoms with Gasteiger partial charge < -0.3 is 10.1 Å². The van der Waals surface area contributed by atoms with Crippen LogP contribution in [0.25, 0.3) is 0 Å². The molecule has 20 heavy (non-hydrogen) atoms. The number of nitrogens with one attached hydrogen (secondary N) is 1. The molecule has 1 aliphatic rings. The summed E-state index contributed by atoms with van der Waals surface area (Å²) < 4.78 is 5.29. The molecular formula is C17H26ClNO. The second-order valence-electron chi connectivity index (χ2n) is 6.85. The highest BCUT2D eigenvalue weighted by Gasteiger charge is 2.34. The second-order valence-corrected chi connectivity index (χ2v) is 7.26. The Labute approximate surface area is 127 Å². The predicted octanol–water partition coefficient (Wildman–Crippen LogP) is 5.37. The Morgan fingerprint density at radius 3 is 2.55 bits per heavy atom. The van der Waals surface area contributed by atoms with Gasteiger partial charge >= 0.3 is 0 Å². The molecule has 3 heteroatoms. The maximum atomic E-state index is 6.32. The summed E-state index contributed by atoms with van der Waals surface area (Å²) in [5.41, 5.74) is 1.32. The molecule has 0 heterocycles. The van der Waals surface area contributed by atoms with Gasteiger partial charge in [0, 0.05) is 12.1 Å². The van der Waals surface area contributed by atoms with Crippen molar-refractivity contribution in [1.29, 1.82) is 0 Å². The molecule has 0 spiro atoms. The predicted molar refractivity (Wildman–Crippen MR) is 86.8 cm³/mol. The zero-order chi connectivity index (χ0) is 14.8. The van der Waals surface area contributed by atoms with Crippen molar-refractivity contribution in [1.82, 2.24) is 0 Å². The van der Waals surface area contributed by atoms with Crippen LogP contribution in [-0.2, 0) is 0 Å². The minimum atomic E-state index is 0.323. The molecule has 2 unspecified atom stereocenters. The second kappa shape index (κ2) is 6.26. The Kier molecular flexibility index (Phi) is 4.85. The van der Waals surface area contributed by atoms with E-state index in [4.69, 9.17) is 16.3 Å². The molecule has 0 radical (unpaired) electrons. The van der Waals surface area contributed by atoms with Crippen molar-refractivity contribution < 1.29 is 4.74 Å². The van der Waals surface area contributed by atoms with Crippen LogP contribution in [0.1, 0.15) is 46.5 Å². The molecule has 0 amide bonds. The molecule has 0 bridgehead atoms. The highest BCUT2D eigenvalue weighted by atomic mass is 35.5. The monoisotopic (exact) mass is 295 g/mol. The van der Waals surface area contributed by atoms with Crippen LogP contribution in [0.5, 0.6) is 5.75 Å². The Morgan fingerprint density at radius 2 is 1.90 bits per heavy atom. The van der Waals surface area contributed by atoms with Gasteiger partial charge in [0.2, 0.25) is 0 Å². The largest absolute Gasteiger partial charge is 0.497 e. The van der Waals surface area contributed by atoms with Gasteiger partial charge in [-0.05, 0) is 36.3 Å². The molecule has 2 atom stereocenters. The van der Waals surface area contributed by atoms with E-state index in [1.165, 1.54) is 25.7 Å². The van der Waals surface area contributed by atoms with E-state index in [0.717, 1.165) is 16.5 Å². The van der Waals surface area contributed by atoms with Crippen molar-refractivity contribution in [3.63, 3.8) is 0 Å². The molecule has 1 N–H and O–H groups in total. The number of hydrogen-bond donors (Lipinski definition) is 1. The van der Waals surface area contributed by atoms with Crippen molar-refractivity contribution in [3.05, 3.63) is 23.2 Å². The normalized spacial score (nSPS) is 23.4. The lowest BCUT2D eigenvalue weighted by molar-refractivity contribution is 0.163. The van der Waals surface area contributed by atoms with Gasteiger partial charge in [-0.1, -0.05) is 45.2 Å². The summed E-state index contributed by atoms with van der Waals surface area (Å²) in [7, 11) is 1.69. The van der Waals surface area contributed by atoms with Gasteiger partial charge in [0.05, 0.1) is 17.8 Å². The Balaban J connectivity index is 2.18. The van der Waals surface area contributed by atoms with Crippen molar-refractivity contribution in [2.24, 2.45) is 11.3 Å². The quantitative estimate of drug-likeness (QED) is 0.810. The van der Waals surface area contributed by atoms with Crippen LogP contribution < -0.4 is 10.1 Å². The van der Waals surface area contributed by atoms with Crippen molar-refractivity contribution in [2.75, 3.05) is 12.4 Å². The average Bonchev–Trinajstić information content (AvgIpc) is 2.41. The van der Waals surface area contributed by atoms with E-state index in [2.05, 4.69) is 26.1 Å². The van der Waals surface area contributed by atoms with Crippen LogP contribution in [0.15, 0.2) is 18.2 Å². The number of halogens is 1. The van der Waals surface area contributed by atoms with Gasteiger partial charge in [-0.15, -0.1) is 0 Å². The fourth-order valence-corrected chi connectivity index (χ4v) is 3.45. The smallest absolute Gasteiger partial charge is 0.121 e. The summed E-state index contributed by atoms with van der Waals surface area (Å²) in [6.45, 7) is 7.01. The van der Waals surface area contributed by atoms with Crippen molar-refractivity contribution in [2.45, 2.75) is 52.5 Å². The van der Waals surface area contributed by atoms with Crippen LogP contribution in [-0.4, -0.2) is 13.2 Å². The number of rotatable bonds is 3. The summed E-state index contributed by atoms with van der Waals surface area (Å²) in [5, 5.41) is 4.44. The Hall–Kier alpha value is -0.890. The fraction of sp³-hybridized carbons (Fsp3) is 0.647. The number of ether oxygens (including phenoxy) is 1. The van der Waals surface area contributed by atoms with E-state index >= 15 is 0 Å². The summed E-state index contributed by atoms with van der Waals surface area (Å²) in [4.78, 5) is 0. The van der Waals surface area contributed by atoms with Crippen molar-refractivity contribution >= 4 is 17.3 Å². The zero-order valence-corrected chi connectivity index (χ0v) is 13.8. The van der Waals surface area contributed by atoms with E-state index in [1.807, 2.05) is 18.2 Å². The maximum Gasteiger partial charge on any atom is 0.121 e. The van der Waals surface area contributed by atoms with E-state index in [1.54, 1.807) is 7.11 Å². The van der Waals surface area contributed by atoms with Gasteiger partial charge in [-0.2, -0.15) is 0 Å². The molecule has 0 saturated heterocycles. The molecular weight excluding hydrogens is 270 g/mol. The fourth-order valence-electron chi connectivity index (χ4n) is 3.28. The third-order valence-corrected chi connectivity index (χ3v) is 4.72. The highest BCUT2D eigenvalue weighted by Crippen LogP contribution is 2.40. The van der Waals surface area contributed by atoms with E-state index in [0.29, 0.717) is 17.4 Å². The SMILES string of the molecule is COc1ccc(Cl)c(NC2CCCCC2C(C)(C)C)c1. The number of hydrogen-bond acceptors (Lipinski definition) is 2. The molecule has 0 aromatic heterocycles. The first-order chi connectivity index (χ1) is 9.41. The maximum absolute atomic E-state index is 6.32. The minimum Gasteiger partial charge on any atom is -0.497 e. The molecule has 1 fully saturated rings. The van der Waals surface area contributed by atoms with Crippen LogP contribution in [0.2, 0.25) is 5.02 Å². The molecule has 1 aromatic rings. The number of anilines is 1. The van der Waals surface area contributed by atoms with Crippen molar-refractivity contribution in [3.8, 4) is 5.75 Å². The first-order valence-corrected chi connectivity index (χ1v) is 7.89. The number of benzene rings is 1. The third-order valence-electron chi connectivity index (χ3n) is 4.39. The highest BCUT2D eigenvalue weighted by molar-refractivity contribution is 6.33. The first-order valence-electron chi connectivity index (χ1n) is 7.52. The first kappa shape index (κ1) is 15.5. The Bertz CT molecular complexity index is 453. The van der Waals surface area contributed by atoms with Gasteiger partial charge in [-0.3, -0.25) is 0 Å². The molecule has 2 nitrogen and oxygen atoms in total. The van der Waals surface area contributed by atoms with Gasteiger partial charge in [-0.25, -0.2) is 0 Å². The summed E-state index contributed by atoms with van der Waals surface area (Å²) in [6, 6.07) is 6.29. The van der Waals surface area contributed by atoms with E-state index in [9.17, 15) is 0 Å². The van der Waals surface area contributed by atoms with Crippen LogP contribution in [0.4, 0.5) is 5.69 Å². The summed E-state index contributed by atoms with van der Waals surface area (Å²) in [6.07, 6.45) is 5.15. The Morgan fingerprint density at radius 1 is 1.20 bits per heavy atom. The topological polar surface area (TPSA) is 21.3 Å². The third kappa shape index (κ3) is 3.60. The zero-order valence-electron chi connectivity index (χ0n) is 13.0. The minimum absolute atomic E-state index is 0.323. The molecule has 1 aromatic carbocycles. The molecule has 112 valence electrons. The lowest BCUT2D eigenvalue weighted by Crippen LogP contribution is -2.39. The van der Waals surface area contributed by atoms with Gasteiger partial charge in [0.1, 0.15) is 5.75 Å². The summed E-state index contributed by atoms with van der Waals surface area (Å²) in [5.74, 6) is 1.53. The van der Waals surface area contributed by atoms with Crippen LogP contribution in [0, 0.1) is 11.3 Å². The molecule has 1 saturated carbocycles. The average molecular weight is 296 g/mol.